The highest BCUT2D eigenvalue weighted by molar-refractivity contribution is 5.81. The number of amides is 1. The molecule has 1 aromatic carbocycles. The number of hydrogen-bond donors (Lipinski definition) is 0. The lowest BCUT2D eigenvalue weighted by Crippen LogP contribution is -2.72. The molecule has 3 aliphatic heterocycles. The van der Waals surface area contributed by atoms with Gasteiger partial charge in [0, 0.05) is 26.2 Å². The first kappa shape index (κ1) is 18.8. The number of carbonyl (C=O) groups is 1. The van der Waals surface area contributed by atoms with Crippen molar-refractivity contribution in [1.29, 1.82) is 0 Å². The van der Waals surface area contributed by atoms with Crippen molar-refractivity contribution < 1.29 is 19.1 Å². The smallest absolute Gasteiger partial charge is 0.265 e. The van der Waals surface area contributed by atoms with Gasteiger partial charge >= 0.3 is 0 Å². The SMILES string of the molecule is CN1CC2(CN(CCOCc3ccccc3)C2)OC[C@@H]1C(=O)N1CCCO1. The Morgan fingerprint density at radius 2 is 2.07 bits per heavy atom. The monoisotopic (exact) mass is 375 g/mol. The van der Waals surface area contributed by atoms with Crippen molar-refractivity contribution in [2.75, 3.05) is 59.6 Å². The molecule has 1 amide bonds. The van der Waals surface area contributed by atoms with Gasteiger partial charge in [-0.15, -0.1) is 0 Å². The van der Waals surface area contributed by atoms with E-state index in [-0.39, 0.29) is 17.6 Å². The van der Waals surface area contributed by atoms with E-state index < -0.39 is 0 Å². The van der Waals surface area contributed by atoms with E-state index in [9.17, 15) is 4.79 Å². The van der Waals surface area contributed by atoms with Crippen LogP contribution in [0.25, 0.3) is 0 Å². The third-order valence-electron chi connectivity index (χ3n) is 5.59. The minimum atomic E-state index is -0.239. The molecule has 4 rings (SSSR count). The number of morpholine rings is 1. The molecule has 0 radical (unpaired) electrons. The zero-order valence-corrected chi connectivity index (χ0v) is 16.0. The van der Waals surface area contributed by atoms with Crippen molar-refractivity contribution in [3.63, 3.8) is 0 Å². The maximum absolute atomic E-state index is 12.5. The average Bonchev–Trinajstić information content (AvgIpc) is 3.19. The van der Waals surface area contributed by atoms with Crippen molar-refractivity contribution in [3.8, 4) is 0 Å². The molecule has 1 aromatic rings. The Morgan fingerprint density at radius 3 is 2.78 bits per heavy atom. The highest BCUT2D eigenvalue weighted by atomic mass is 16.7. The number of rotatable bonds is 6. The quantitative estimate of drug-likeness (QED) is 0.684. The lowest BCUT2D eigenvalue weighted by atomic mass is 9.90. The van der Waals surface area contributed by atoms with E-state index >= 15 is 0 Å². The van der Waals surface area contributed by atoms with Gasteiger partial charge in [-0.1, -0.05) is 30.3 Å². The van der Waals surface area contributed by atoms with Crippen LogP contribution in [-0.2, 0) is 25.7 Å². The Kier molecular flexibility index (Phi) is 5.75. The first-order valence-electron chi connectivity index (χ1n) is 9.78. The minimum Gasteiger partial charge on any atom is -0.375 e. The van der Waals surface area contributed by atoms with Crippen LogP contribution in [0.15, 0.2) is 30.3 Å². The molecule has 0 unspecified atom stereocenters. The molecule has 7 heteroatoms. The van der Waals surface area contributed by atoms with Gasteiger partial charge in [0.1, 0.15) is 11.6 Å². The Balaban J connectivity index is 1.16. The van der Waals surface area contributed by atoms with Crippen molar-refractivity contribution in [3.05, 3.63) is 35.9 Å². The fraction of sp³-hybridized carbons (Fsp3) is 0.650. The molecular formula is C20H29N3O4. The maximum Gasteiger partial charge on any atom is 0.265 e. The molecule has 0 aliphatic carbocycles. The second-order valence-corrected chi connectivity index (χ2v) is 7.80. The van der Waals surface area contributed by atoms with Gasteiger partial charge in [0.05, 0.1) is 33.0 Å². The van der Waals surface area contributed by atoms with Crippen LogP contribution in [0.1, 0.15) is 12.0 Å². The fourth-order valence-electron chi connectivity index (χ4n) is 4.12. The molecule has 0 bridgehead atoms. The average molecular weight is 375 g/mol. The zero-order chi connectivity index (χ0) is 18.7. The molecule has 0 aromatic heterocycles. The van der Waals surface area contributed by atoms with E-state index in [0.717, 1.165) is 32.6 Å². The van der Waals surface area contributed by atoms with Crippen molar-refractivity contribution in [2.24, 2.45) is 0 Å². The third-order valence-corrected chi connectivity index (χ3v) is 5.59. The lowest BCUT2D eigenvalue weighted by molar-refractivity contribution is -0.212. The van der Waals surface area contributed by atoms with E-state index in [1.165, 1.54) is 10.6 Å². The predicted octanol–water partition coefficient (Wildman–Crippen LogP) is 0.752. The molecule has 0 saturated carbocycles. The molecular weight excluding hydrogens is 346 g/mol. The number of likely N-dealkylation sites (tertiary alicyclic amines) is 1. The number of nitrogens with zero attached hydrogens (tertiary/aromatic N) is 3. The zero-order valence-electron chi connectivity index (χ0n) is 16.0. The summed E-state index contributed by atoms with van der Waals surface area (Å²) < 4.78 is 11.9. The van der Waals surface area contributed by atoms with E-state index in [0.29, 0.717) is 33.0 Å². The molecule has 3 fully saturated rings. The van der Waals surface area contributed by atoms with E-state index in [2.05, 4.69) is 21.9 Å². The molecule has 1 spiro atoms. The van der Waals surface area contributed by atoms with E-state index in [4.69, 9.17) is 14.3 Å². The predicted molar refractivity (Wildman–Crippen MR) is 99.9 cm³/mol. The van der Waals surface area contributed by atoms with Crippen LogP contribution in [0.5, 0.6) is 0 Å². The molecule has 27 heavy (non-hydrogen) atoms. The van der Waals surface area contributed by atoms with E-state index in [1.807, 2.05) is 25.2 Å². The number of carbonyl (C=O) groups excluding carboxylic acids is 1. The molecule has 0 N–H and O–H groups in total. The molecule has 1 atom stereocenters. The fourth-order valence-corrected chi connectivity index (χ4v) is 4.12. The Morgan fingerprint density at radius 1 is 1.26 bits per heavy atom. The molecule has 7 nitrogen and oxygen atoms in total. The van der Waals surface area contributed by atoms with Crippen LogP contribution >= 0.6 is 0 Å². The van der Waals surface area contributed by atoms with Gasteiger partial charge in [0.25, 0.3) is 5.91 Å². The van der Waals surface area contributed by atoms with E-state index in [1.54, 1.807) is 0 Å². The van der Waals surface area contributed by atoms with Gasteiger partial charge in [0.15, 0.2) is 0 Å². The maximum atomic E-state index is 12.5. The summed E-state index contributed by atoms with van der Waals surface area (Å²) in [6.07, 6.45) is 0.911. The van der Waals surface area contributed by atoms with Crippen LogP contribution in [0, 0.1) is 0 Å². The summed E-state index contributed by atoms with van der Waals surface area (Å²) in [6, 6.07) is 9.99. The number of hydroxylamine groups is 2. The van der Waals surface area contributed by atoms with Crippen molar-refractivity contribution >= 4 is 5.91 Å². The second-order valence-electron chi connectivity index (χ2n) is 7.80. The standard InChI is InChI=1S/C20H29N3O4/c1-21-14-20(26-13-18(21)19(24)23-8-5-10-27-23)15-22(16-20)9-11-25-12-17-6-3-2-4-7-17/h2-4,6-7,18H,5,8-16H2,1H3/t18-/m1/s1. The number of ether oxygens (including phenoxy) is 2. The lowest BCUT2D eigenvalue weighted by Gasteiger charge is -2.55. The van der Waals surface area contributed by atoms with Crippen LogP contribution in [-0.4, -0.2) is 92.0 Å². The molecule has 3 saturated heterocycles. The Hall–Kier alpha value is -1.51. The summed E-state index contributed by atoms with van der Waals surface area (Å²) in [7, 11) is 2.01. The van der Waals surface area contributed by atoms with Gasteiger partial charge in [-0.3, -0.25) is 19.4 Å². The summed E-state index contributed by atoms with van der Waals surface area (Å²) >= 11 is 0. The summed E-state index contributed by atoms with van der Waals surface area (Å²) in [5, 5.41) is 1.50. The Bertz CT molecular complexity index is 629. The number of benzene rings is 1. The van der Waals surface area contributed by atoms with Gasteiger partial charge in [-0.25, -0.2) is 5.06 Å². The first-order valence-corrected chi connectivity index (χ1v) is 9.78. The minimum absolute atomic E-state index is 0.0235. The van der Waals surface area contributed by atoms with Crippen LogP contribution in [0.4, 0.5) is 0 Å². The highest BCUT2D eigenvalue weighted by Gasteiger charge is 2.50. The topological polar surface area (TPSA) is 54.5 Å². The molecule has 3 aliphatic rings. The van der Waals surface area contributed by atoms with Gasteiger partial charge < -0.3 is 9.47 Å². The molecule has 3 heterocycles. The summed E-state index contributed by atoms with van der Waals surface area (Å²) in [4.78, 5) is 22.4. The Labute approximate surface area is 160 Å². The van der Waals surface area contributed by atoms with Crippen LogP contribution in [0.2, 0.25) is 0 Å². The largest absolute Gasteiger partial charge is 0.375 e. The van der Waals surface area contributed by atoms with Gasteiger partial charge in [-0.05, 0) is 19.0 Å². The number of likely N-dealkylation sites (N-methyl/N-ethyl adjacent to an activating group) is 1. The molecule has 148 valence electrons. The van der Waals surface area contributed by atoms with Crippen molar-refractivity contribution in [2.45, 2.75) is 24.7 Å². The highest BCUT2D eigenvalue weighted by Crippen LogP contribution is 2.31. The second kappa shape index (κ2) is 8.24. The van der Waals surface area contributed by atoms with Crippen LogP contribution < -0.4 is 0 Å². The summed E-state index contributed by atoms with van der Waals surface area (Å²) in [5.74, 6) is 0.0235. The normalized spacial score (nSPS) is 25.7. The van der Waals surface area contributed by atoms with Gasteiger partial charge in [-0.2, -0.15) is 0 Å². The van der Waals surface area contributed by atoms with Gasteiger partial charge in [0.2, 0.25) is 0 Å². The third kappa shape index (κ3) is 4.33. The first-order chi connectivity index (χ1) is 13.2. The summed E-state index contributed by atoms with van der Waals surface area (Å²) in [5.41, 5.74) is 1.06. The summed E-state index contributed by atoms with van der Waals surface area (Å²) in [6.45, 7) is 6.60. The number of hydrogen-bond acceptors (Lipinski definition) is 6. The van der Waals surface area contributed by atoms with Crippen molar-refractivity contribution in [1.82, 2.24) is 14.9 Å². The van der Waals surface area contributed by atoms with Crippen LogP contribution in [0.3, 0.4) is 0 Å².